The van der Waals surface area contributed by atoms with Crippen molar-refractivity contribution in [2.45, 2.75) is 12.5 Å². The standard InChI is InChI=1S/C14H16N2O/c15-10-13(12-6-2-1-3-7-12)11-16-9-5-4-8-14(16)17/h1-9,13H,10-11,15H2. The zero-order valence-corrected chi connectivity index (χ0v) is 9.62. The Bertz CT molecular complexity index is 519. The Morgan fingerprint density at radius 3 is 2.41 bits per heavy atom. The van der Waals surface area contributed by atoms with E-state index in [2.05, 4.69) is 0 Å². The molecule has 88 valence electrons. The first-order chi connectivity index (χ1) is 8.31. The van der Waals surface area contributed by atoms with E-state index in [0.29, 0.717) is 13.1 Å². The summed E-state index contributed by atoms with van der Waals surface area (Å²) in [6, 6.07) is 15.2. The fourth-order valence-electron chi connectivity index (χ4n) is 1.89. The van der Waals surface area contributed by atoms with E-state index in [1.807, 2.05) is 36.4 Å². The minimum absolute atomic E-state index is 0.0156. The van der Waals surface area contributed by atoms with Gasteiger partial charge in [0.05, 0.1) is 0 Å². The minimum Gasteiger partial charge on any atom is -0.330 e. The average Bonchev–Trinajstić information content (AvgIpc) is 2.39. The lowest BCUT2D eigenvalue weighted by atomic mass is 9.99. The molecule has 3 nitrogen and oxygen atoms in total. The monoisotopic (exact) mass is 228 g/mol. The van der Waals surface area contributed by atoms with E-state index >= 15 is 0 Å². The molecule has 2 rings (SSSR count). The summed E-state index contributed by atoms with van der Waals surface area (Å²) in [4.78, 5) is 11.6. The van der Waals surface area contributed by atoms with Gasteiger partial charge in [-0.15, -0.1) is 0 Å². The topological polar surface area (TPSA) is 48.0 Å². The molecule has 1 aromatic heterocycles. The lowest BCUT2D eigenvalue weighted by molar-refractivity contribution is 0.553. The van der Waals surface area contributed by atoms with Crippen LogP contribution in [0, 0.1) is 0 Å². The summed E-state index contributed by atoms with van der Waals surface area (Å²) in [6.07, 6.45) is 1.80. The van der Waals surface area contributed by atoms with Crippen molar-refractivity contribution in [2.75, 3.05) is 6.54 Å². The van der Waals surface area contributed by atoms with E-state index in [1.54, 1.807) is 22.9 Å². The van der Waals surface area contributed by atoms with E-state index in [9.17, 15) is 4.79 Å². The molecule has 1 unspecified atom stereocenters. The van der Waals surface area contributed by atoms with Crippen LogP contribution in [-0.4, -0.2) is 11.1 Å². The smallest absolute Gasteiger partial charge is 0.250 e. The SMILES string of the molecule is NCC(Cn1ccccc1=O)c1ccccc1. The summed E-state index contributed by atoms with van der Waals surface area (Å²) in [7, 11) is 0. The normalized spacial score (nSPS) is 12.3. The van der Waals surface area contributed by atoms with E-state index in [0.717, 1.165) is 0 Å². The molecule has 3 heteroatoms. The van der Waals surface area contributed by atoms with Crippen LogP contribution in [0.15, 0.2) is 59.5 Å². The first-order valence-electron chi connectivity index (χ1n) is 5.71. The van der Waals surface area contributed by atoms with Crippen LogP contribution in [0.25, 0.3) is 0 Å². The molecule has 0 fully saturated rings. The van der Waals surface area contributed by atoms with Crippen molar-refractivity contribution < 1.29 is 0 Å². The van der Waals surface area contributed by atoms with Crippen LogP contribution < -0.4 is 11.3 Å². The summed E-state index contributed by atoms with van der Waals surface area (Å²) in [5.74, 6) is 0.177. The maximum atomic E-state index is 11.6. The first kappa shape index (κ1) is 11.6. The van der Waals surface area contributed by atoms with Crippen LogP contribution in [-0.2, 0) is 6.54 Å². The fourth-order valence-corrected chi connectivity index (χ4v) is 1.89. The van der Waals surface area contributed by atoms with Gasteiger partial charge in [0.2, 0.25) is 0 Å². The van der Waals surface area contributed by atoms with Crippen LogP contribution in [0.3, 0.4) is 0 Å². The van der Waals surface area contributed by atoms with Crippen LogP contribution in [0.1, 0.15) is 11.5 Å². The van der Waals surface area contributed by atoms with Crippen molar-refractivity contribution in [3.8, 4) is 0 Å². The summed E-state index contributed by atoms with van der Waals surface area (Å²) in [5.41, 5.74) is 6.97. The molecule has 0 amide bonds. The molecule has 0 radical (unpaired) electrons. The van der Waals surface area contributed by atoms with Crippen LogP contribution in [0.4, 0.5) is 0 Å². The molecule has 0 bridgehead atoms. The molecular formula is C14H16N2O. The van der Waals surface area contributed by atoms with Crippen molar-refractivity contribution in [2.24, 2.45) is 5.73 Å². The van der Waals surface area contributed by atoms with E-state index in [1.165, 1.54) is 5.56 Å². The molecule has 1 atom stereocenters. The maximum Gasteiger partial charge on any atom is 0.250 e. The van der Waals surface area contributed by atoms with Gasteiger partial charge in [-0.2, -0.15) is 0 Å². The van der Waals surface area contributed by atoms with Crippen molar-refractivity contribution in [1.29, 1.82) is 0 Å². The number of nitrogens with two attached hydrogens (primary N) is 1. The lowest BCUT2D eigenvalue weighted by Gasteiger charge is -2.16. The molecule has 17 heavy (non-hydrogen) atoms. The lowest BCUT2D eigenvalue weighted by Crippen LogP contribution is -2.25. The Hall–Kier alpha value is -1.87. The number of hydrogen-bond donors (Lipinski definition) is 1. The van der Waals surface area contributed by atoms with Crippen LogP contribution >= 0.6 is 0 Å². The van der Waals surface area contributed by atoms with Gasteiger partial charge < -0.3 is 10.3 Å². The molecule has 2 aromatic rings. The van der Waals surface area contributed by atoms with Crippen LogP contribution in [0.5, 0.6) is 0 Å². The third kappa shape index (κ3) is 2.82. The zero-order chi connectivity index (χ0) is 12.1. The van der Waals surface area contributed by atoms with Gasteiger partial charge in [0.15, 0.2) is 0 Å². The number of nitrogens with zero attached hydrogens (tertiary/aromatic N) is 1. The largest absolute Gasteiger partial charge is 0.330 e. The van der Waals surface area contributed by atoms with Crippen molar-refractivity contribution in [3.63, 3.8) is 0 Å². The van der Waals surface area contributed by atoms with Gasteiger partial charge in [0.25, 0.3) is 5.56 Å². The Kier molecular flexibility index (Phi) is 3.73. The molecule has 0 aliphatic heterocycles. The molecule has 2 N–H and O–H groups in total. The van der Waals surface area contributed by atoms with Crippen molar-refractivity contribution in [3.05, 3.63) is 70.6 Å². The number of pyridine rings is 1. The highest BCUT2D eigenvalue weighted by Crippen LogP contribution is 2.15. The van der Waals surface area contributed by atoms with Gasteiger partial charge in [0.1, 0.15) is 0 Å². The molecule has 0 aliphatic carbocycles. The van der Waals surface area contributed by atoms with E-state index in [4.69, 9.17) is 5.73 Å². The van der Waals surface area contributed by atoms with Crippen molar-refractivity contribution in [1.82, 2.24) is 4.57 Å². The number of benzene rings is 1. The summed E-state index contributed by atoms with van der Waals surface area (Å²) in [5, 5.41) is 0. The quantitative estimate of drug-likeness (QED) is 0.864. The van der Waals surface area contributed by atoms with Crippen LogP contribution in [0.2, 0.25) is 0 Å². The second-order valence-corrected chi connectivity index (χ2v) is 4.03. The van der Waals surface area contributed by atoms with E-state index in [-0.39, 0.29) is 11.5 Å². The highest BCUT2D eigenvalue weighted by molar-refractivity contribution is 5.19. The number of hydrogen-bond acceptors (Lipinski definition) is 2. The third-order valence-electron chi connectivity index (χ3n) is 2.87. The summed E-state index contributed by atoms with van der Waals surface area (Å²) >= 11 is 0. The average molecular weight is 228 g/mol. The molecule has 1 aromatic carbocycles. The van der Waals surface area contributed by atoms with Crippen molar-refractivity contribution >= 4 is 0 Å². The summed E-state index contributed by atoms with van der Waals surface area (Å²) < 4.78 is 1.70. The van der Waals surface area contributed by atoms with Gasteiger partial charge >= 0.3 is 0 Å². The van der Waals surface area contributed by atoms with Gasteiger partial charge in [0, 0.05) is 31.3 Å². The number of aromatic nitrogens is 1. The molecule has 0 aliphatic rings. The molecule has 0 saturated heterocycles. The molecule has 0 spiro atoms. The Morgan fingerprint density at radius 2 is 1.76 bits per heavy atom. The highest BCUT2D eigenvalue weighted by Gasteiger charge is 2.10. The predicted octanol–water partition coefficient (Wildman–Crippen LogP) is 1.59. The fraction of sp³-hybridized carbons (Fsp3) is 0.214. The van der Waals surface area contributed by atoms with Gasteiger partial charge in [-0.1, -0.05) is 36.4 Å². The molecule has 0 saturated carbocycles. The zero-order valence-electron chi connectivity index (χ0n) is 9.62. The number of rotatable bonds is 4. The Labute approximate surface area is 101 Å². The first-order valence-corrected chi connectivity index (χ1v) is 5.71. The predicted molar refractivity (Wildman–Crippen MR) is 68.9 cm³/mol. The Morgan fingerprint density at radius 1 is 1.06 bits per heavy atom. The third-order valence-corrected chi connectivity index (χ3v) is 2.87. The Balaban J connectivity index is 2.22. The molecular weight excluding hydrogens is 212 g/mol. The van der Waals surface area contributed by atoms with Gasteiger partial charge in [-0.05, 0) is 11.6 Å². The highest BCUT2D eigenvalue weighted by atomic mass is 16.1. The second kappa shape index (κ2) is 5.46. The van der Waals surface area contributed by atoms with Gasteiger partial charge in [-0.25, -0.2) is 0 Å². The van der Waals surface area contributed by atoms with Gasteiger partial charge in [-0.3, -0.25) is 4.79 Å². The molecule has 1 heterocycles. The van der Waals surface area contributed by atoms with E-state index < -0.39 is 0 Å². The maximum absolute atomic E-state index is 11.6. The minimum atomic E-state index is 0.0156. The second-order valence-electron chi connectivity index (χ2n) is 4.03. The summed E-state index contributed by atoms with van der Waals surface area (Å²) in [6.45, 7) is 1.16.